The predicted molar refractivity (Wildman–Crippen MR) is 129 cm³/mol. The van der Waals surface area contributed by atoms with Crippen LogP contribution in [0.15, 0.2) is 65.8 Å². The van der Waals surface area contributed by atoms with Crippen molar-refractivity contribution in [1.82, 2.24) is 14.8 Å². The summed E-state index contributed by atoms with van der Waals surface area (Å²) in [5.74, 6) is 1.71. The van der Waals surface area contributed by atoms with Crippen molar-refractivity contribution in [3.8, 4) is 5.75 Å². The Kier molecular flexibility index (Phi) is 6.75. The SMILES string of the molecule is CCc1ccc(NC(=O)CSc2nnc(COc3ccc4ccccc4c3C)n2C)cc1. The molecule has 32 heavy (non-hydrogen) atoms. The van der Waals surface area contributed by atoms with E-state index >= 15 is 0 Å². The van der Waals surface area contributed by atoms with Crippen LogP contribution >= 0.6 is 11.8 Å². The fraction of sp³-hybridized carbons (Fsp3) is 0.240. The number of benzene rings is 3. The van der Waals surface area contributed by atoms with Crippen molar-refractivity contribution < 1.29 is 9.53 Å². The Morgan fingerprint density at radius 2 is 1.84 bits per heavy atom. The fourth-order valence-corrected chi connectivity index (χ4v) is 4.18. The molecule has 4 rings (SSSR count). The Balaban J connectivity index is 1.34. The first kappa shape index (κ1) is 21.9. The quantitative estimate of drug-likeness (QED) is 0.379. The molecule has 1 N–H and O–H groups in total. The van der Waals surface area contributed by atoms with E-state index in [-0.39, 0.29) is 11.7 Å². The summed E-state index contributed by atoms with van der Waals surface area (Å²) in [4.78, 5) is 12.3. The molecule has 0 unspecified atom stereocenters. The Hall–Kier alpha value is -3.32. The molecule has 1 aromatic heterocycles. The first-order valence-corrected chi connectivity index (χ1v) is 11.5. The molecule has 0 aliphatic heterocycles. The Bertz CT molecular complexity index is 1230. The van der Waals surface area contributed by atoms with Gasteiger partial charge in [0.05, 0.1) is 5.75 Å². The minimum absolute atomic E-state index is 0.0770. The Morgan fingerprint density at radius 3 is 2.62 bits per heavy atom. The number of amides is 1. The van der Waals surface area contributed by atoms with Gasteiger partial charge in [0.2, 0.25) is 5.91 Å². The maximum Gasteiger partial charge on any atom is 0.234 e. The topological polar surface area (TPSA) is 69.0 Å². The summed E-state index contributed by atoms with van der Waals surface area (Å²) in [6.07, 6.45) is 0.975. The van der Waals surface area contributed by atoms with E-state index in [9.17, 15) is 4.79 Å². The average molecular weight is 447 g/mol. The number of thioether (sulfide) groups is 1. The lowest BCUT2D eigenvalue weighted by Gasteiger charge is -2.11. The molecule has 1 amide bonds. The van der Waals surface area contributed by atoms with E-state index in [1.807, 2.05) is 54.1 Å². The zero-order valence-electron chi connectivity index (χ0n) is 18.5. The largest absolute Gasteiger partial charge is 0.485 e. The first-order valence-electron chi connectivity index (χ1n) is 10.6. The molecule has 4 aromatic rings. The van der Waals surface area contributed by atoms with Crippen molar-refractivity contribution in [2.75, 3.05) is 11.1 Å². The molecule has 0 saturated carbocycles. The van der Waals surface area contributed by atoms with Crippen molar-refractivity contribution in [3.63, 3.8) is 0 Å². The number of hydrogen-bond donors (Lipinski definition) is 1. The van der Waals surface area contributed by atoms with Gasteiger partial charge in [0.25, 0.3) is 0 Å². The van der Waals surface area contributed by atoms with Crippen LogP contribution in [0, 0.1) is 6.92 Å². The van der Waals surface area contributed by atoms with Gasteiger partial charge in [-0.15, -0.1) is 10.2 Å². The molecule has 0 atom stereocenters. The van der Waals surface area contributed by atoms with Crippen molar-refractivity contribution >= 4 is 34.1 Å². The molecule has 0 saturated heterocycles. The molecule has 0 radical (unpaired) electrons. The van der Waals surface area contributed by atoms with Crippen molar-refractivity contribution in [3.05, 3.63) is 77.6 Å². The van der Waals surface area contributed by atoms with Gasteiger partial charge < -0.3 is 14.6 Å². The van der Waals surface area contributed by atoms with E-state index < -0.39 is 0 Å². The summed E-state index contributed by atoms with van der Waals surface area (Å²) in [7, 11) is 1.88. The number of aryl methyl sites for hydroxylation is 2. The lowest BCUT2D eigenvalue weighted by Crippen LogP contribution is -2.14. The van der Waals surface area contributed by atoms with Gasteiger partial charge in [-0.2, -0.15) is 0 Å². The zero-order valence-corrected chi connectivity index (χ0v) is 19.3. The normalized spacial score (nSPS) is 11.0. The van der Waals surface area contributed by atoms with Crippen LogP contribution in [0.25, 0.3) is 10.8 Å². The Morgan fingerprint density at radius 1 is 1.06 bits per heavy atom. The van der Waals surface area contributed by atoms with Crippen LogP contribution < -0.4 is 10.1 Å². The van der Waals surface area contributed by atoms with Crippen molar-refractivity contribution in [2.45, 2.75) is 32.0 Å². The third-order valence-electron chi connectivity index (χ3n) is 5.41. The Labute approximate surface area is 192 Å². The highest BCUT2D eigenvalue weighted by Gasteiger charge is 2.13. The van der Waals surface area contributed by atoms with Crippen LogP contribution in [0.4, 0.5) is 5.69 Å². The number of nitrogens with one attached hydrogen (secondary N) is 1. The lowest BCUT2D eigenvalue weighted by atomic mass is 10.0. The van der Waals surface area contributed by atoms with Crippen LogP contribution in [0.3, 0.4) is 0 Å². The number of fused-ring (bicyclic) bond motifs is 1. The molecule has 0 fully saturated rings. The molecule has 0 bridgehead atoms. The second-order valence-electron chi connectivity index (χ2n) is 7.54. The van der Waals surface area contributed by atoms with Crippen LogP contribution in [0.1, 0.15) is 23.9 Å². The van der Waals surface area contributed by atoms with Crippen molar-refractivity contribution in [2.24, 2.45) is 7.05 Å². The van der Waals surface area contributed by atoms with Crippen LogP contribution in [0.5, 0.6) is 5.75 Å². The molecular weight excluding hydrogens is 420 g/mol. The van der Waals surface area contributed by atoms with Crippen LogP contribution in [0.2, 0.25) is 0 Å². The molecule has 1 heterocycles. The molecule has 6 nitrogen and oxygen atoms in total. The minimum atomic E-state index is -0.0770. The molecule has 3 aromatic carbocycles. The predicted octanol–water partition coefficient (Wildman–Crippen LogP) is 5.15. The second kappa shape index (κ2) is 9.87. The van der Waals surface area contributed by atoms with E-state index in [4.69, 9.17) is 4.74 Å². The van der Waals surface area contributed by atoms with Gasteiger partial charge in [0, 0.05) is 12.7 Å². The van der Waals surface area contributed by atoms with Crippen LogP contribution in [-0.4, -0.2) is 26.4 Å². The summed E-state index contributed by atoms with van der Waals surface area (Å²) < 4.78 is 7.90. The second-order valence-corrected chi connectivity index (χ2v) is 8.49. The molecule has 0 aliphatic rings. The van der Waals surface area contributed by atoms with Crippen LogP contribution in [-0.2, 0) is 24.9 Å². The summed E-state index contributed by atoms with van der Waals surface area (Å²) >= 11 is 1.35. The third-order valence-corrected chi connectivity index (χ3v) is 6.43. The van der Waals surface area contributed by atoms with Gasteiger partial charge in [0.1, 0.15) is 12.4 Å². The number of nitrogens with zero attached hydrogens (tertiary/aromatic N) is 3. The molecule has 164 valence electrons. The van der Waals surface area contributed by atoms with E-state index in [1.165, 1.54) is 28.1 Å². The number of carbonyl (C=O) groups excluding carboxylic acids is 1. The minimum Gasteiger partial charge on any atom is -0.485 e. The smallest absolute Gasteiger partial charge is 0.234 e. The monoisotopic (exact) mass is 446 g/mol. The molecule has 7 heteroatoms. The van der Waals surface area contributed by atoms with Gasteiger partial charge in [-0.1, -0.05) is 61.2 Å². The maximum atomic E-state index is 12.3. The first-order chi connectivity index (χ1) is 15.5. The highest BCUT2D eigenvalue weighted by Crippen LogP contribution is 2.28. The lowest BCUT2D eigenvalue weighted by molar-refractivity contribution is -0.113. The van der Waals surface area contributed by atoms with Crippen molar-refractivity contribution in [1.29, 1.82) is 0 Å². The summed E-state index contributed by atoms with van der Waals surface area (Å²) in [6, 6.07) is 20.2. The maximum absolute atomic E-state index is 12.3. The van der Waals surface area contributed by atoms with Gasteiger partial charge in [-0.25, -0.2) is 0 Å². The number of aromatic nitrogens is 3. The molecule has 0 spiro atoms. The van der Waals surface area contributed by atoms with Gasteiger partial charge >= 0.3 is 0 Å². The molecular formula is C25H26N4O2S. The number of carbonyl (C=O) groups is 1. The summed E-state index contributed by atoms with van der Waals surface area (Å²) in [6.45, 7) is 4.47. The van der Waals surface area contributed by atoms with E-state index in [2.05, 4.69) is 47.6 Å². The number of anilines is 1. The van der Waals surface area contributed by atoms with E-state index in [0.29, 0.717) is 17.6 Å². The van der Waals surface area contributed by atoms with Gasteiger partial charge in [-0.05, 0) is 53.4 Å². The van der Waals surface area contributed by atoms with Gasteiger partial charge in [-0.3, -0.25) is 4.79 Å². The fourth-order valence-electron chi connectivity index (χ4n) is 3.45. The standard InChI is InChI=1S/C25H26N4O2S/c1-4-18-9-12-20(13-10-18)26-24(30)16-32-25-28-27-23(29(25)3)15-31-22-14-11-19-7-5-6-8-21(19)17(22)2/h5-14H,4,15-16H2,1-3H3,(H,26,30). The zero-order chi connectivity index (χ0) is 22.5. The third kappa shape index (κ3) is 4.94. The summed E-state index contributed by atoms with van der Waals surface area (Å²) in [5.41, 5.74) is 3.14. The highest BCUT2D eigenvalue weighted by molar-refractivity contribution is 7.99. The number of hydrogen-bond acceptors (Lipinski definition) is 5. The number of rotatable bonds is 8. The molecule has 0 aliphatic carbocycles. The summed E-state index contributed by atoms with van der Waals surface area (Å²) in [5, 5.41) is 14.4. The van der Waals surface area contributed by atoms with Gasteiger partial charge in [0.15, 0.2) is 11.0 Å². The van der Waals surface area contributed by atoms with E-state index in [0.717, 1.165) is 23.4 Å². The average Bonchev–Trinajstić information content (AvgIpc) is 3.17. The van der Waals surface area contributed by atoms with E-state index in [1.54, 1.807) is 0 Å². The number of ether oxygens (including phenoxy) is 1. The highest BCUT2D eigenvalue weighted by atomic mass is 32.2.